The number of anilines is 2. The predicted octanol–water partition coefficient (Wildman–Crippen LogP) is 4.90. The zero-order chi connectivity index (χ0) is 18.0. The maximum absolute atomic E-state index is 8.88. The van der Waals surface area contributed by atoms with E-state index in [0.717, 1.165) is 5.56 Å². The molecule has 5 nitrogen and oxygen atoms in total. The standard InChI is InChI=1S/C16H19ClN4OSSi/c1-15(2,3)24-22-16(4,5)10-6-12(17)20-13(7-10)21-14-19-9-11(8-18)23-14/h6-7,9H,1-5H3,(H,19,20,21). The number of nitriles is 1. The normalized spacial score (nSPS) is 12.0. The number of pyridine rings is 1. The Kier molecular flexibility index (Phi) is 5.66. The van der Waals surface area contributed by atoms with Crippen LogP contribution < -0.4 is 5.32 Å². The maximum atomic E-state index is 8.88. The number of aromatic nitrogens is 2. The van der Waals surface area contributed by atoms with Gasteiger partial charge in [-0.25, -0.2) is 9.97 Å². The van der Waals surface area contributed by atoms with E-state index >= 15 is 0 Å². The first-order chi connectivity index (χ1) is 11.1. The molecule has 8 heteroatoms. The van der Waals surface area contributed by atoms with Crippen molar-refractivity contribution in [3.63, 3.8) is 0 Å². The number of nitrogens with one attached hydrogen (secondary N) is 1. The van der Waals surface area contributed by atoms with Crippen LogP contribution in [0.4, 0.5) is 10.9 Å². The highest BCUT2D eigenvalue weighted by molar-refractivity contribution is 7.16. The Balaban J connectivity index is 2.22. The third-order valence-corrected chi connectivity index (χ3v) is 5.19. The molecular weight excluding hydrogens is 360 g/mol. The van der Waals surface area contributed by atoms with Crippen molar-refractivity contribution in [2.75, 3.05) is 5.32 Å². The molecule has 0 aliphatic carbocycles. The number of nitrogens with zero attached hydrogens (tertiary/aromatic N) is 3. The van der Waals surface area contributed by atoms with E-state index in [0.29, 0.717) is 30.7 Å². The Morgan fingerprint density at radius 2 is 2.00 bits per heavy atom. The van der Waals surface area contributed by atoms with Crippen LogP contribution in [0, 0.1) is 11.3 Å². The van der Waals surface area contributed by atoms with Gasteiger partial charge in [0.2, 0.25) is 9.76 Å². The summed E-state index contributed by atoms with van der Waals surface area (Å²) in [5.41, 5.74) is 0.439. The zero-order valence-electron chi connectivity index (χ0n) is 14.3. The lowest BCUT2D eigenvalue weighted by atomic mass is 10.00. The van der Waals surface area contributed by atoms with Gasteiger partial charge >= 0.3 is 0 Å². The summed E-state index contributed by atoms with van der Waals surface area (Å²) >= 11 is 7.44. The smallest absolute Gasteiger partial charge is 0.236 e. The summed E-state index contributed by atoms with van der Waals surface area (Å²) in [5, 5.41) is 13.0. The molecule has 0 fully saturated rings. The quantitative estimate of drug-likeness (QED) is 0.592. The Labute approximate surface area is 154 Å². The third kappa shape index (κ3) is 5.28. The Morgan fingerprint density at radius 1 is 1.29 bits per heavy atom. The number of thiazole rings is 1. The molecule has 0 aliphatic rings. The van der Waals surface area contributed by atoms with Crippen molar-refractivity contribution in [2.24, 2.45) is 0 Å². The molecule has 2 heterocycles. The first kappa shape index (κ1) is 18.9. The summed E-state index contributed by atoms with van der Waals surface area (Å²) in [6.07, 6.45) is 1.52. The molecule has 126 valence electrons. The van der Waals surface area contributed by atoms with Crippen molar-refractivity contribution >= 4 is 43.7 Å². The van der Waals surface area contributed by atoms with Gasteiger partial charge in [-0.15, -0.1) is 0 Å². The van der Waals surface area contributed by atoms with Gasteiger partial charge in [-0.2, -0.15) is 5.26 Å². The summed E-state index contributed by atoms with van der Waals surface area (Å²) in [4.78, 5) is 8.95. The lowest BCUT2D eigenvalue weighted by Gasteiger charge is -2.30. The molecule has 0 saturated carbocycles. The van der Waals surface area contributed by atoms with Gasteiger partial charge in [0.15, 0.2) is 5.13 Å². The van der Waals surface area contributed by atoms with E-state index in [1.807, 2.05) is 26.0 Å². The van der Waals surface area contributed by atoms with E-state index in [1.165, 1.54) is 17.5 Å². The van der Waals surface area contributed by atoms with Crippen LogP contribution in [0.5, 0.6) is 0 Å². The highest BCUT2D eigenvalue weighted by Crippen LogP contribution is 2.32. The molecule has 0 atom stereocenters. The van der Waals surface area contributed by atoms with Crippen LogP contribution in [0.25, 0.3) is 0 Å². The summed E-state index contributed by atoms with van der Waals surface area (Å²) in [5.74, 6) is 0.576. The average Bonchev–Trinajstić information content (AvgIpc) is 2.91. The van der Waals surface area contributed by atoms with E-state index < -0.39 is 5.60 Å². The van der Waals surface area contributed by atoms with Gasteiger partial charge in [0, 0.05) is 0 Å². The molecule has 0 spiro atoms. The molecule has 0 amide bonds. The van der Waals surface area contributed by atoms with E-state index in [9.17, 15) is 0 Å². The van der Waals surface area contributed by atoms with Crippen LogP contribution in [0.15, 0.2) is 18.3 Å². The second-order valence-electron chi connectivity index (χ2n) is 6.79. The van der Waals surface area contributed by atoms with Crippen molar-refractivity contribution < 1.29 is 4.43 Å². The fraction of sp³-hybridized carbons (Fsp3) is 0.438. The largest absolute Gasteiger partial charge is 0.408 e. The summed E-state index contributed by atoms with van der Waals surface area (Å²) < 4.78 is 6.12. The van der Waals surface area contributed by atoms with Gasteiger partial charge in [0.25, 0.3) is 0 Å². The van der Waals surface area contributed by atoms with Crippen molar-refractivity contribution in [3.8, 4) is 6.07 Å². The van der Waals surface area contributed by atoms with Crippen LogP contribution in [-0.4, -0.2) is 19.7 Å². The van der Waals surface area contributed by atoms with Crippen molar-refractivity contribution in [1.82, 2.24) is 9.97 Å². The molecule has 0 bridgehead atoms. The zero-order valence-corrected chi connectivity index (χ0v) is 16.8. The minimum Gasteiger partial charge on any atom is -0.408 e. The van der Waals surface area contributed by atoms with Crippen molar-refractivity contribution in [2.45, 2.75) is 45.3 Å². The number of hydrogen-bond acceptors (Lipinski definition) is 6. The topological polar surface area (TPSA) is 70.8 Å². The highest BCUT2D eigenvalue weighted by atomic mass is 35.5. The van der Waals surface area contributed by atoms with E-state index in [-0.39, 0.29) is 5.04 Å². The second-order valence-corrected chi connectivity index (χ2v) is 10.1. The SMILES string of the molecule is CC(C)(C)[Si]OC(C)(C)c1cc(Cl)nc(Nc2ncc(C#N)s2)c1. The van der Waals surface area contributed by atoms with Crippen molar-refractivity contribution in [1.29, 1.82) is 5.26 Å². The second kappa shape index (κ2) is 7.19. The molecule has 0 aliphatic heterocycles. The molecule has 1 N–H and O–H groups in total. The monoisotopic (exact) mass is 378 g/mol. The molecule has 0 aromatic carbocycles. The van der Waals surface area contributed by atoms with Crippen LogP contribution in [-0.2, 0) is 10.0 Å². The molecule has 2 aromatic heterocycles. The number of halogens is 1. The lowest BCUT2D eigenvalue weighted by Crippen LogP contribution is -2.27. The molecule has 2 radical (unpaired) electrons. The number of rotatable bonds is 5. The fourth-order valence-electron chi connectivity index (χ4n) is 1.74. The van der Waals surface area contributed by atoms with E-state index in [1.54, 1.807) is 0 Å². The maximum Gasteiger partial charge on any atom is 0.236 e. The fourth-order valence-corrected chi connectivity index (χ4v) is 3.25. The minimum absolute atomic E-state index is 0.101. The van der Waals surface area contributed by atoms with Crippen molar-refractivity contribution in [3.05, 3.63) is 33.9 Å². The first-order valence-corrected chi connectivity index (χ1v) is 9.45. The Morgan fingerprint density at radius 3 is 2.58 bits per heavy atom. The summed E-state index contributed by atoms with van der Waals surface area (Å²) in [7, 11) is 0.359. The Hall–Kier alpha value is -1.46. The van der Waals surface area contributed by atoms with Gasteiger partial charge in [0.05, 0.1) is 11.8 Å². The molecule has 2 aromatic rings. The first-order valence-electron chi connectivity index (χ1n) is 7.35. The highest BCUT2D eigenvalue weighted by Gasteiger charge is 2.26. The Bertz CT molecular complexity index is 764. The van der Waals surface area contributed by atoms with Crippen LogP contribution in [0.3, 0.4) is 0 Å². The van der Waals surface area contributed by atoms with Gasteiger partial charge in [0.1, 0.15) is 21.9 Å². The van der Waals surface area contributed by atoms with E-state index in [2.05, 4.69) is 42.1 Å². The summed E-state index contributed by atoms with van der Waals surface area (Å²) in [6.45, 7) is 10.5. The van der Waals surface area contributed by atoms with Crippen LogP contribution in [0.2, 0.25) is 10.2 Å². The van der Waals surface area contributed by atoms with Gasteiger partial charge in [-0.05, 0) is 36.6 Å². The predicted molar refractivity (Wildman–Crippen MR) is 98.9 cm³/mol. The number of hydrogen-bond donors (Lipinski definition) is 1. The van der Waals surface area contributed by atoms with Gasteiger partial charge in [-0.1, -0.05) is 43.7 Å². The molecular formula is C16H19ClN4OSSi. The lowest BCUT2D eigenvalue weighted by molar-refractivity contribution is 0.109. The molecule has 2 rings (SSSR count). The molecule has 24 heavy (non-hydrogen) atoms. The van der Waals surface area contributed by atoms with Crippen LogP contribution in [0.1, 0.15) is 45.1 Å². The minimum atomic E-state index is -0.491. The van der Waals surface area contributed by atoms with Gasteiger partial charge < -0.3 is 9.74 Å². The van der Waals surface area contributed by atoms with Gasteiger partial charge in [-0.3, -0.25) is 0 Å². The molecule has 0 saturated heterocycles. The average molecular weight is 379 g/mol. The van der Waals surface area contributed by atoms with Crippen LogP contribution >= 0.6 is 22.9 Å². The van der Waals surface area contributed by atoms with E-state index in [4.69, 9.17) is 21.3 Å². The third-order valence-electron chi connectivity index (χ3n) is 2.95. The summed E-state index contributed by atoms with van der Waals surface area (Å²) in [6, 6.07) is 5.76. The molecule has 0 unspecified atom stereocenters.